The van der Waals surface area contributed by atoms with Crippen LogP contribution in [0.1, 0.15) is 174 Å². The van der Waals surface area contributed by atoms with Gasteiger partial charge in [0.2, 0.25) is 0 Å². The molecule has 2 heterocycles. The molecule has 0 aromatic rings. The maximum atomic E-state index is 4.34. The summed E-state index contributed by atoms with van der Waals surface area (Å²) < 4.78 is 0. The molecule has 10 aliphatic rings. The summed E-state index contributed by atoms with van der Waals surface area (Å²) in [6.45, 7) is 2.42. The van der Waals surface area contributed by atoms with E-state index in [1.54, 1.807) is 25.7 Å². The number of unbranched alkanes of at least 4 members (excludes halogenated alkanes) is 2. The van der Waals surface area contributed by atoms with Crippen LogP contribution in [0.15, 0.2) is 11.6 Å². The minimum Gasteiger partial charge on any atom is -0.294 e. The number of nitrogens with zero attached hydrogens (tertiary/aromatic N) is 1. The van der Waals surface area contributed by atoms with E-state index in [0.717, 1.165) is 83.2 Å². The Bertz CT molecular complexity index is 1160. The Morgan fingerprint density at radius 2 is 1.24 bits per heavy atom. The van der Waals surface area contributed by atoms with Crippen LogP contribution in [0.4, 0.5) is 0 Å². The SMILES string of the molecule is CCCCCC1CCC2C3C1CC1C4CC=C(C4)C1C1CCCC(C13)N2C1CCCC(C2NC(C3CCCCC3)NC(C3CCCCC3)N2)C1. The molecule has 0 spiro atoms. The fourth-order valence-electron chi connectivity index (χ4n) is 16.4. The summed E-state index contributed by atoms with van der Waals surface area (Å²) in [5.41, 5.74) is 1.97. The minimum absolute atomic E-state index is 0.508. The molecule has 2 aliphatic heterocycles. The minimum atomic E-state index is 0.508. The van der Waals surface area contributed by atoms with E-state index in [2.05, 4.69) is 33.9 Å². The second kappa shape index (κ2) is 14.7. The molecule has 4 nitrogen and oxygen atoms in total. The van der Waals surface area contributed by atoms with Crippen molar-refractivity contribution >= 4 is 0 Å². The lowest BCUT2D eigenvalue weighted by molar-refractivity contribution is 0.000341. The molecule has 14 atom stereocenters. The van der Waals surface area contributed by atoms with Gasteiger partial charge in [-0.2, -0.15) is 0 Å². The quantitative estimate of drug-likeness (QED) is 0.176. The predicted molar refractivity (Wildman–Crippen MR) is 206 cm³/mol. The third kappa shape index (κ3) is 6.05. The zero-order valence-corrected chi connectivity index (χ0v) is 32.2. The Hall–Kier alpha value is -0.420. The average Bonchev–Trinajstić information content (AvgIpc) is 3.85. The van der Waals surface area contributed by atoms with Crippen molar-refractivity contribution in [2.45, 2.75) is 210 Å². The van der Waals surface area contributed by atoms with Gasteiger partial charge in [0.05, 0.1) is 18.5 Å². The van der Waals surface area contributed by atoms with Crippen molar-refractivity contribution in [3.63, 3.8) is 0 Å². The normalized spacial score (nSPS) is 49.7. The van der Waals surface area contributed by atoms with Crippen molar-refractivity contribution in [2.24, 2.45) is 65.1 Å². The van der Waals surface area contributed by atoms with Crippen LogP contribution in [0.3, 0.4) is 0 Å². The molecule has 280 valence electrons. The Morgan fingerprint density at radius 3 is 1.98 bits per heavy atom. The van der Waals surface area contributed by atoms with Gasteiger partial charge < -0.3 is 0 Å². The van der Waals surface area contributed by atoms with Crippen LogP contribution in [-0.2, 0) is 0 Å². The van der Waals surface area contributed by atoms with Crippen LogP contribution < -0.4 is 16.0 Å². The molecule has 2 saturated heterocycles. The van der Waals surface area contributed by atoms with Crippen LogP contribution in [0.5, 0.6) is 0 Å². The summed E-state index contributed by atoms with van der Waals surface area (Å²) in [7, 11) is 0. The topological polar surface area (TPSA) is 39.3 Å². The van der Waals surface area contributed by atoms with Gasteiger partial charge in [0, 0.05) is 18.1 Å². The third-order valence-electron chi connectivity index (χ3n) is 18.3. The number of fused-ring (bicyclic) bond motifs is 6. The van der Waals surface area contributed by atoms with Gasteiger partial charge in [-0.25, -0.2) is 0 Å². The maximum absolute atomic E-state index is 4.34. The summed E-state index contributed by atoms with van der Waals surface area (Å²) in [5.74, 6) is 10.7. The van der Waals surface area contributed by atoms with Crippen molar-refractivity contribution in [3.05, 3.63) is 11.6 Å². The highest BCUT2D eigenvalue weighted by atomic mass is 15.4. The molecule has 3 N–H and O–H groups in total. The molecule has 0 aromatic carbocycles. The highest BCUT2D eigenvalue weighted by Crippen LogP contribution is 2.67. The molecule has 4 heteroatoms. The molecule has 10 rings (SSSR count). The van der Waals surface area contributed by atoms with Crippen molar-refractivity contribution in [2.75, 3.05) is 0 Å². The van der Waals surface area contributed by atoms with Crippen LogP contribution in [0, 0.1) is 65.1 Å². The second-order valence-corrected chi connectivity index (χ2v) is 20.5. The van der Waals surface area contributed by atoms with Crippen LogP contribution in [0.25, 0.3) is 0 Å². The zero-order chi connectivity index (χ0) is 33.2. The standard InChI is InChI=1S/C46H76N4/c1-2-3-6-13-29-24-25-40-43-37(29)28-38-32-22-23-33(26-32)41(38)36-20-12-21-39(42(36)43)50(40)35-19-11-18-34(27-35)46-48-44(30-14-7-4-8-15-30)47-45(49-46)31-16-9-5-10-17-31/h23,29-32,34-49H,2-22,24-28H2,1H3. The fourth-order valence-corrected chi connectivity index (χ4v) is 16.4. The van der Waals surface area contributed by atoms with E-state index in [-0.39, 0.29) is 0 Å². The van der Waals surface area contributed by atoms with Crippen molar-refractivity contribution < 1.29 is 0 Å². The number of nitrogens with one attached hydrogen (secondary N) is 3. The predicted octanol–water partition coefficient (Wildman–Crippen LogP) is 10.1. The molecular formula is C46H76N4. The highest BCUT2D eigenvalue weighted by molar-refractivity contribution is 5.27. The Kier molecular flexibility index (Phi) is 10.0. The maximum Gasteiger partial charge on any atom is 0.0625 e. The third-order valence-corrected chi connectivity index (χ3v) is 18.3. The van der Waals surface area contributed by atoms with Gasteiger partial charge >= 0.3 is 0 Å². The summed E-state index contributed by atoms with van der Waals surface area (Å²) in [4.78, 5) is 3.39. The highest BCUT2D eigenvalue weighted by Gasteiger charge is 2.64. The molecule has 9 fully saturated rings. The number of hydrogen-bond donors (Lipinski definition) is 3. The van der Waals surface area contributed by atoms with Gasteiger partial charge in [-0.15, -0.1) is 0 Å². The van der Waals surface area contributed by atoms with Crippen LogP contribution in [-0.4, -0.2) is 41.5 Å². The molecular weight excluding hydrogens is 609 g/mol. The van der Waals surface area contributed by atoms with E-state index in [0.29, 0.717) is 18.5 Å². The van der Waals surface area contributed by atoms with Gasteiger partial charge in [-0.3, -0.25) is 20.9 Å². The monoisotopic (exact) mass is 685 g/mol. The summed E-state index contributed by atoms with van der Waals surface area (Å²) in [6.07, 6.45) is 42.8. The van der Waals surface area contributed by atoms with Crippen molar-refractivity contribution in [1.82, 2.24) is 20.9 Å². The van der Waals surface area contributed by atoms with Gasteiger partial charge in [0.1, 0.15) is 0 Å². The lowest BCUT2D eigenvalue weighted by Gasteiger charge is -2.51. The molecule has 0 aromatic heterocycles. The van der Waals surface area contributed by atoms with Gasteiger partial charge in [-0.05, 0) is 155 Å². The molecule has 2 bridgehead atoms. The van der Waals surface area contributed by atoms with E-state index >= 15 is 0 Å². The number of hydrogen-bond acceptors (Lipinski definition) is 4. The van der Waals surface area contributed by atoms with Gasteiger partial charge in [-0.1, -0.05) is 95.6 Å². The molecule has 0 radical (unpaired) electrons. The first kappa shape index (κ1) is 34.1. The molecule has 14 unspecified atom stereocenters. The molecule has 8 aliphatic carbocycles. The van der Waals surface area contributed by atoms with E-state index < -0.39 is 0 Å². The second-order valence-electron chi connectivity index (χ2n) is 20.5. The van der Waals surface area contributed by atoms with E-state index in [1.165, 1.54) is 141 Å². The number of rotatable bonds is 8. The van der Waals surface area contributed by atoms with Crippen molar-refractivity contribution in [1.29, 1.82) is 0 Å². The van der Waals surface area contributed by atoms with Crippen LogP contribution >= 0.6 is 0 Å². The molecule has 0 amide bonds. The molecule has 7 saturated carbocycles. The number of likely N-dealkylation sites (tertiary alicyclic amines) is 1. The van der Waals surface area contributed by atoms with E-state index in [9.17, 15) is 0 Å². The summed E-state index contributed by atoms with van der Waals surface area (Å²) in [5, 5.41) is 12.9. The largest absolute Gasteiger partial charge is 0.294 e. The smallest absolute Gasteiger partial charge is 0.0625 e. The first-order valence-corrected chi connectivity index (χ1v) is 23.5. The Balaban J connectivity index is 0.918. The fraction of sp³-hybridized carbons (Fsp3) is 0.957. The first-order chi connectivity index (χ1) is 24.7. The Morgan fingerprint density at radius 1 is 0.580 bits per heavy atom. The van der Waals surface area contributed by atoms with E-state index in [1.807, 2.05) is 5.57 Å². The summed E-state index contributed by atoms with van der Waals surface area (Å²) in [6, 6.07) is 2.65. The Labute approximate surface area is 307 Å². The zero-order valence-electron chi connectivity index (χ0n) is 32.2. The first-order valence-electron chi connectivity index (χ1n) is 23.5. The average molecular weight is 685 g/mol. The molecule has 50 heavy (non-hydrogen) atoms. The van der Waals surface area contributed by atoms with Gasteiger partial charge in [0.25, 0.3) is 0 Å². The lowest BCUT2D eigenvalue weighted by atomic mass is 9.60. The van der Waals surface area contributed by atoms with Crippen molar-refractivity contribution in [3.8, 4) is 0 Å². The van der Waals surface area contributed by atoms with Gasteiger partial charge in [0.15, 0.2) is 0 Å². The summed E-state index contributed by atoms with van der Waals surface area (Å²) >= 11 is 0. The van der Waals surface area contributed by atoms with Crippen LogP contribution in [0.2, 0.25) is 0 Å². The lowest BCUT2D eigenvalue weighted by Crippen LogP contribution is -2.72. The number of allylic oxidation sites excluding steroid dienone is 2. The van der Waals surface area contributed by atoms with E-state index in [4.69, 9.17) is 0 Å².